The molecule has 3 unspecified atom stereocenters. The first kappa shape index (κ1) is 104. The van der Waals surface area contributed by atoms with E-state index in [1.54, 1.807) is 0 Å². The van der Waals surface area contributed by atoms with Crippen LogP contribution >= 0.6 is 15.6 Å². The molecule has 0 heterocycles. The van der Waals surface area contributed by atoms with Gasteiger partial charge in [-0.05, 0) is 49.4 Å². The van der Waals surface area contributed by atoms with Crippen molar-refractivity contribution in [1.29, 1.82) is 0 Å². The van der Waals surface area contributed by atoms with Gasteiger partial charge in [-0.2, -0.15) is 0 Å². The Morgan fingerprint density at radius 1 is 0.236 bits per heavy atom. The van der Waals surface area contributed by atoms with Crippen LogP contribution in [0, 0.1) is 23.7 Å². The zero-order valence-corrected chi connectivity index (χ0v) is 71.9. The van der Waals surface area contributed by atoms with E-state index in [2.05, 4.69) is 55.4 Å². The number of ether oxygens (including phenoxy) is 4. The van der Waals surface area contributed by atoms with Crippen LogP contribution < -0.4 is 0 Å². The number of unbranched alkanes of at least 4 members (excludes halogenated alkanes) is 50. The third-order valence-corrected chi connectivity index (χ3v) is 22.2. The highest BCUT2D eigenvalue weighted by Crippen LogP contribution is 2.45. The number of aliphatic hydroxyl groups is 1. The topological polar surface area (TPSA) is 237 Å². The fourth-order valence-electron chi connectivity index (χ4n) is 13.5. The standard InChI is InChI=1S/C87H170O17P2/c1-77(2)63-55-47-39-32-26-20-14-11-9-10-12-16-24-30-36-44-53-61-69-87(92)104-83(74-98-85(90)68-60-52-46-38-42-50-58-66-80(7)8)76-102-106(95,96)100-72-81(88)71-99-105(93,94)101-75-82(103-86(91)70-62-54-45-37-31-25-19-18-22-28-34-41-49-57-65-79(5)6)73-97-84(89)67-59-51-43-35-29-23-17-13-15-21-27-33-40-48-56-64-78(3)4/h77-83,88H,9-76H2,1-8H3,(H,93,94)(H,95,96)/t81?,82-,83-/m1/s1. The third kappa shape index (κ3) is 80.1. The Labute approximate surface area is 651 Å². The molecule has 0 aliphatic carbocycles. The highest BCUT2D eigenvalue weighted by Gasteiger charge is 2.31. The summed E-state index contributed by atoms with van der Waals surface area (Å²) < 4.78 is 68.9. The summed E-state index contributed by atoms with van der Waals surface area (Å²) in [4.78, 5) is 73.2. The number of hydrogen-bond acceptors (Lipinski definition) is 15. The lowest BCUT2D eigenvalue weighted by atomic mass is 10.0. The molecule has 0 saturated carbocycles. The van der Waals surface area contributed by atoms with E-state index in [1.165, 1.54) is 250 Å². The predicted octanol–water partition coefficient (Wildman–Crippen LogP) is 26.3. The number of carbonyl (C=O) groups excluding carboxylic acids is 4. The summed E-state index contributed by atoms with van der Waals surface area (Å²) in [5.74, 6) is 1.02. The van der Waals surface area contributed by atoms with Crippen molar-refractivity contribution in [3.05, 3.63) is 0 Å². The van der Waals surface area contributed by atoms with Gasteiger partial charge in [0.15, 0.2) is 12.2 Å². The minimum Gasteiger partial charge on any atom is -0.462 e. The monoisotopic (exact) mass is 1550 g/mol. The maximum Gasteiger partial charge on any atom is 0.472 e. The van der Waals surface area contributed by atoms with E-state index in [0.717, 1.165) is 114 Å². The molecule has 0 bridgehead atoms. The molecule has 0 saturated heterocycles. The van der Waals surface area contributed by atoms with E-state index in [4.69, 9.17) is 37.0 Å². The van der Waals surface area contributed by atoms with E-state index < -0.39 is 97.5 Å². The van der Waals surface area contributed by atoms with Crippen molar-refractivity contribution < 1.29 is 80.2 Å². The van der Waals surface area contributed by atoms with Crippen molar-refractivity contribution in [1.82, 2.24) is 0 Å². The number of phosphoric acid groups is 2. The molecule has 0 radical (unpaired) electrons. The van der Waals surface area contributed by atoms with Crippen molar-refractivity contribution in [3.63, 3.8) is 0 Å². The summed E-state index contributed by atoms with van der Waals surface area (Å²) in [6.45, 7) is 14.3. The Balaban J connectivity index is 5.21. The Kier molecular flexibility index (Phi) is 74.3. The summed E-state index contributed by atoms with van der Waals surface area (Å²) in [5, 5.41) is 10.7. The number of aliphatic hydroxyl groups excluding tert-OH is 1. The van der Waals surface area contributed by atoms with E-state index in [0.29, 0.717) is 31.6 Å². The SMILES string of the molecule is CC(C)CCCCCCCCCCCCCCCCCCCCC(=O)O[C@H](COC(=O)CCCCCCCCCC(C)C)COP(=O)(O)OCC(O)COP(=O)(O)OC[C@@H](COC(=O)CCCCCCCCCCCCCCCCCC(C)C)OC(=O)CCCCCCCCCCCCCCCCC(C)C. The predicted molar refractivity (Wildman–Crippen MR) is 437 cm³/mol. The average Bonchev–Trinajstić information content (AvgIpc) is 0.904. The molecule has 0 aromatic carbocycles. The molecule has 0 spiro atoms. The minimum atomic E-state index is -4.97. The molecule has 17 nitrogen and oxygen atoms in total. The van der Waals surface area contributed by atoms with Crippen LogP contribution in [0.4, 0.5) is 0 Å². The van der Waals surface area contributed by atoms with Crippen molar-refractivity contribution in [2.75, 3.05) is 39.6 Å². The van der Waals surface area contributed by atoms with Crippen LogP contribution in [0.5, 0.6) is 0 Å². The van der Waals surface area contributed by atoms with Gasteiger partial charge in [-0.1, -0.05) is 402 Å². The van der Waals surface area contributed by atoms with Crippen LogP contribution in [0.3, 0.4) is 0 Å². The molecule has 630 valence electrons. The summed E-state index contributed by atoms with van der Waals surface area (Å²) >= 11 is 0. The molecule has 5 atom stereocenters. The second-order valence-corrected chi connectivity index (χ2v) is 36.1. The van der Waals surface area contributed by atoms with E-state index in [9.17, 15) is 43.2 Å². The quantitative estimate of drug-likeness (QED) is 0.0222. The summed E-state index contributed by atoms with van der Waals surface area (Å²) in [7, 11) is -9.93. The second kappa shape index (κ2) is 75.7. The first-order valence-corrected chi connectivity index (χ1v) is 47.7. The maximum absolute atomic E-state index is 13.1. The average molecular weight is 1550 g/mol. The van der Waals surface area contributed by atoms with E-state index in [-0.39, 0.29) is 25.7 Å². The van der Waals surface area contributed by atoms with Gasteiger partial charge in [-0.15, -0.1) is 0 Å². The number of hydrogen-bond donors (Lipinski definition) is 3. The van der Waals surface area contributed by atoms with Gasteiger partial charge in [-0.25, -0.2) is 9.13 Å². The normalized spacial score (nSPS) is 13.9. The summed E-state index contributed by atoms with van der Waals surface area (Å²) in [5.41, 5.74) is 0. The maximum atomic E-state index is 13.1. The van der Waals surface area contributed by atoms with Gasteiger partial charge in [0.2, 0.25) is 0 Å². The van der Waals surface area contributed by atoms with Gasteiger partial charge in [0.05, 0.1) is 26.4 Å². The largest absolute Gasteiger partial charge is 0.472 e. The third-order valence-electron chi connectivity index (χ3n) is 20.3. The molecule has 0 fully saturated rings. The smallest absolute Gasteiger partial charge is 0.462 e. The van der Waals surface area contributed by atoms with Gasteiger partial charge in [-0.3, -0.25) is 37.3 Å². The first-order valence-electron chi connectivity index (χ1n) is 44.7. The Hall–Kier alpha value is -1.94. The number of rotatable bonds is 84. The molecule has 0 amide bonds. The van der Waals surface area contributed by atoms with E-state index >= 15 is 0 Å². The second-order valence-electron chi connectivity index (χ2n) is 33.2. The van der Waals surface area contributed by atoms with Crippen LogP contribution in [-0.4, -0.2) is 96.7 Å². The summed E-state index contributed by atoms with van der Waals surface area (Å²) in [6.07, 6.45) is 65.4. The fourth-order valence-corrected chi connectivity index (χ4v) is 15.1. The number of phosphoric ester groups is 2. The Morgan fingerprint density at radius 2 is 0.396 bits per heavy atom. The first-order chi connectivity index (χ1) is 51.1. The number of esters is 4. The van der Waals surface area contributed by atoms with Crippen LogP contribution in [0.15, 0.2) is 0 Å². The zero-order valence-electron chi connectivity index (χ0n) is 70.1. The van der Waals surface area contributed by atoms with Crippen LogP contribution in [0.25, 0.3) is 0 Å². The fraction of sp³-hybridized carbons (Fsp3) is 0.954. The van der Waals surface area contributed by atoms with E-state index in [1.807, 2.05) is 0 Å². The van der Waals surface area contributed by atoms with Gasteiger partial charge < -0.3 is 33.8 Å². The van der Waals surface area contributed by atoms with Crippen molar-refractivity contribution >= 4 is 39.5 Å². The highest BCUT2D eigenvalue weighted by molar-refractivity contribution is 7.47. The molecule has 3 N–H and O–H groups in total. The van der Waals surface area contributed by atoms with Crippen molar-refractivity contribution in [2.24, 2.45) is 23.7 Å². The van der Waals surface area contributed by atoms with Gasteiger partial charge in [0, 0.05) is 25.7 Å². The lowest BCUT2D eigenvalue weighted by Crippen LogP contribution is -2.30. The zero-order chi connectivity index (χ0) is 78.1. The van der Waals surface area contributed by atoms with Crippen LogP contribution in [0.1, 0.15) is 453 Å². The van der Waals surface area contributed by atoms with Gasteiger partial charge in [0.1, 0.15) is 19.3 Å². The van der Waals surface area contributed by atoms with Crippen molar-refractivity contribution in [2.45, 2.75) is 472 Å². The molecule has 0 aromatic rings. The minimum absolute atomic E-state index is 0.107. The molecule has 19 heteroatoms. The van der Waals surface area contributed by atoms with Gasteiger partial charge >= 0.3 is 39.5 Å². The van der Waals surface area contributed by atoms with Crippen LogP contribution in [0.2, 0.25) is 0 Å². The van der Waals surface area contributed by atoms with Crippen LogP contribution in [-0.2, 0) is 65.4 Å². The number of carbonyl (C=O) groups is 4. The Bertz CT molecular complexity index is 2060. The molecule has 0 rings (SSSR count). The Morgan fingerprint density at radius 3 is 0.585 bits per heavy atom. The molecule has 0 aliphatic heterocycles. The molecule has 0 aromatic heterocycles. The highest BCUT2D eigenvalue weighted by atomic mass is 31.2. The molecular weight excluding hydrogens is 1380 g/mol. The molecule has 106 heavy (non-hydrogen) atoms. The molecular formula is C87H170O17P2. The lowest BCUT2D eigenvalue weighted by Gasteiger charge is -2.21. The van der Waals surface area contributed by atoms with Gasteiger partial charge in [0.25, 0.3) is 0 Å². The lowest BCUT2D eigenvalue weighted by molar-refractivity contribution is -0.161. The van der Waals surface area contributed by atoms with Crippen molar-refractivity contribution in [3.8, 4) is 0 Å². The molecule has 0 aliphatic rings. The summed E-state index contributed by atoms with van der Waals surface area (Å²) in [6, 6.07) is 0.